The van der Waals surface area contributed by atoms with Gasteiger partial charge in [0.15, 0.2) is 11.0 Å². The van der Waals surface area contributed by atoms with Crippen LogP contribution in [0, 0.1) is 0 Å². The lowest BCUT2D eigenvalue weighted by Gasteiger charge is -2.14. The van der Waals surface area contributed by atoms with Crippen molar-refractivity contribution in [1.82, 2.24) is 20.1 Å². The minimum atomic E-state index is -0.344. The Morgan fingerprint density at radius 2 is 1.62 bits per heavy atom. The summed E-state index contributed by atoms with van der Waals surface area (Å²) in [5.41, 5.74) is 2.91. The molecule has 4 rings (SSSR count). The summed E-state index contributed by atoms with van der Waals surface area (Å²) in [6, 6.07) is 27.5. The van der Waals surface area contributed by atoms with Gasteiger partial charge in [0.1, 0.15) is 5.75 Å². The quantitative estimate of drug-likeness (QED) is 0.398. The molecule has 4 aromatic rings. The lowest BCUT2D eigenvalue weighted by atomic mass is 10.2. The first-order valence-corrected chi connectivity index (χ1v) is 11.2. The average Bonchev–Trinajstić information content (AvgIpc) is 3.27. The van der Waals surface area contributed by atoms with E-state index >= 15 is 0 Å². The Hall–Kier alpha value is -3.58. The number of nitrogens with zero attached hydrogens (tertiary/aromatic N) is 3. The molecule has 1 atom stereocenters. The number of rotatable bonds is 8. The molecule has 1 amide bonds. The zero-order valence-electron chi connectivity index (χ0n) is 17.9. The van der Waals surface area contributed by atoms with Gasteiger partial charge in [-0.1, -0.05) is 72.4 Å². The molecule has 0 bridgehead atoms. The number of benzene rings is 3. The van der Waals surface area contributed by atoms with Crippen molar-refractivity contribution in [1.29, 1.82) is 0 Å². The fourth-order valence-electron chi connectivity index (χ4n) is 3.22. The van der Waals surface area contributed by atoms with Crippen molar-refractivity contribution in [2.24, 2.45) is 0 Å². The molecule has 0 saturated carbocycles. The van der Waals surface area contributed by atoms with E-state index in [9.17, 15) is 4.79 Å². The lowest BCUT2D eigenvalue weighted by molar-refractivity contribution is -0.120. The Balaban J connectivity index is 1.58. The van der Waals surface area contributed by atoms with Crippen molar-refractivity contribution in [3.05, 3.63) is 90.5 Å². The molecule has 0 aliphatic rings. The Morgan fingerprint density at radius 1 is 0.969 bits per heavy atom. The molecular formula is C25H24N4O2S. The molecule has 0 aliphatic carbocycles. The third-order valence-electron chi connectivity index (χ3n) is 4.96. The minimum absolute atomic E-state index is 0.0515. The van der Waals surface area contributed by atoms with E-state index in [2.05, 4.69) is 15.5 Å². The van der Waals surface area contributed by atoms with Gasteiger partial charge in [0, 0.05) is 17.8 Å². The van der Waals surface area contributed by atoms with Crippen LogP contribution in [-0.4, -0.2) is 33.0 Å². The third-order valence-corrected chi connectivity index (χ3v) is 6.00. The number of amides is 1. The molecule has 0 saturated heterocycles. The topological polar surface area (TPSA) is 69.0 Å². The molecule has 0 spiro atoms. The van der Waals surface area contributed by atoms with Gasteiger partial charge in [0.05, 0.1) is 12.4 Å². The summed E-state index contributed by atoms with van der Waals surface area (Å²) in [5, 5.41) is 12.2. The highest BCUT2D eigenvalue weighted by Gasteiger charge is 2.21. The summed E-state index contributed by atoms with van der Waals surface area (Å²) in [7, 11) is 1.64. The van der Waals surface area contributed by atoms with Crippen molar-refractivity contribution in [3.8, 4) is 22.8 Å². The van der Waals surface area contributed by atoms with Crippen LogP contribution in [0.2, 0.25) is 0 Å². The Morgan fingerprint density at radius 3 is 2.28 bits per heavy atom. The van der Waals surface area contributed by atoms with E-state index in [0.717, 1.165) is 28.4 Å². The van der Waals surface area contributed by atoms with Crippen LogP contribution < -0.4 is 10.1 Å². The Kier molecular flexibility index (Phi) is 6.87. The lowest BCUT2D eigenvalue weighted by Crippen LogP contribution is -2.30. The van der Waals surface area contributed by atoms with E-state index < -0.39 is 0 Å². The first-order chi connectivity index (χ1) is 15.7. The van der Waals surface area contributed by atoms with Gasteiger partial charge in [-0.15, -0.1) is 10.2 Å². The van der Waals surface area contributed by atoms with Gasteiger partial charge < -0.3 is 10.1 Å². The number of ether oxygens (including phenoxy) is 1. The summed E-state index contributed by atoms with van der Waals surface area (Å²) < 4.78 is 7.27. The molecule has 7 heteroatoms. The van der Waals surface area contributed by atoms with E-state index in [-0.39, 0.29) is 11.2 Å². The van der Waals surface area contributed by atoms with Crippen LogP contribution in [0.25, 0.3) is 17.1 Å². The van der Waals surface area contributed by atoms with Crippen molar-refractivity contribution in [3.63, 3.8) is 0 Å². The number of carbonyl (C=O) groups excluding carboxylic acids is 1. The number of aromatic nitrogens is 3. The SMILES string of the molecule is COc1ccc(-n2c(SC(C)C(=O)NCc3ccccc3)nnc2-c2ccccc2)cc1. The Bertz CT molecular complexity index is 1160. The van der Waals surface area contributed by atoms with E-state index in [1.165, 1.54) is 11.8 Å². The number of thioether (sulfide) groups is 1. The van der Waals surface area contributed by atoms with Crippen molar-refractivity contribution >= 4 is 17.7 Å². The summed E-state index contributed by atoms with van der Waals surface area (Å²) in [4.78, 5) is 12.7. The summed E-state index contributed by atoms with van der Waals surface area (Å²) in [5.74, 6) is 1.44. The monoisotopic (exact) mass is 444 g/mol. The van der Waals surface area contributed by atoms with Gasteiger partial charge in [-0.25, -0.2) is 0 Å². The number of nitrogens with one attached hydrogen (secondary N) is 1. The maximum atomic E-state index is 12.7. The van der Waals surface area contributed by atoms with E-state index in [0.29, 0.717) is 11.7 Å². The highest BCUT2D eigenvalue weighted by atomic mass is 32.2. The van der Waals surface area contributed by atoms with Gasteiger partial charge in [-0.3, -0.25) is 9.36 Å². The molecule has 0 radical (unpaired) electrons. The summed E-state index contributed by atoms with van der Waals surface area (Å²) >= 11 is 1.38. The van der Waals surface area contributed by atoms with Crippen molar-refractivity contribution in [2.45, 2.75) is 23.9 Å². The van der Waals surface area contributed by atoms with Gasteiger partial charge >= 0.3 is 0 Å². The number of methoxy groups -OCH3 is 1. The summed E-state index contributed by atoms with van der Waals surface area (Å²) in [6.07, 6.45) is 0. The molecule has 1 N–H and O–H groups in total. The van der Waals surface area contributed by atoms with Crippen LogP contribution >= 0.6 is 11.8 Å². The van der Waals surface area contributed by atoms with Crippen LogP contribution in [0.1, 0.15) is 12.5 Å². The van der Waals surface area contributed by atoms with E-state index in [1.807, 2.05) is 96.4 Å². The maximum absolute atomic E-state index is 12.7. The fourth-order valence-corrected chi connectivity index (χ4v) is 4.12. The van der Waals surface area contributed by atoms with Crippen LogP contribution in [0.15, 0.2) is 90.1 Å². The van der Waals surface area contributed by atoms with Gasteiger partial charge in [0.2, 0.25) is 5.91 Å². The van der Waals surface area contributed by atoms with Crippen LogP contribution in [0.3, 0.4) is 0 Å². The minimum Gasteiger partial charge on any atom is -0.497 e. The number of hydrogen-bond donors (Lipinski definition) is 1. The average molecular weight is 445 g/mol. The molecular weight excluding hydrogens is 420 g/mol. The largest absolute Gasteiger partial charge is 0.497 e. The second-order valence-corrected chi connectivity index (χ2v) is 8.48. The first kappa shape index (κ1) is 21.6. The highest BCUT2D eigenvalue weighted by Crippen LogP contribution is 2.30. The molecule has 6 nitrogen and oxygen atoms in total. The number of carbonyl (C=O) groups is 1. The zero-order chi connectivity index (χ0) is 22.3. The first-order valence-electron chi connectivity index (χ1n) is 10.3. The fraction of sp³-hybridized carbons (Fsp3) is 0.160. The van der Waals surface area contributed by atoms with E-state index in [4.69, 9.17) is 4.74 Å². The van der Waals surface area contributed by atoms with Crippen LogP contribution in [0.4, 0.5) is 0 Å². The highest BCUT2D eigenvalue weighted by molar-refractivity contribution is 8.00. The van der Waals surface area contributed by atoms with E-state index in [1.54, 1.807) is 7.11 Å². The molecule has 0 aliphatic heterocycles. The number of hydrogen-bond acceptors (Lipinski definition) is 5. The smallest absolute Gasteiger partial charge is 0.233 e. The Labute approximate surface area is 191 Å². The van der Waals surface area contributed by atoms with Gasteiger partial charge in [-0.05, 0) is 36.8 Å². The van der Waals surface area contributed by atoms with Gasteiger partial charge in [0.25, 0.3) is 0 Å². The third kappa shape index (κ3) is 5.00. The second kappa shape index (κ2) is 10.2. The molecule has 1 aromatic heterocycles. The zero-order valence-corrected chi connectivity index (χ0v) is 18.8. The summed E-state index contributed by atoms with van der Waals surface area (Å²) in [6.45, 7) is 2.37. The second-order valence-electron chi connectivity index (χ2n) is 7.17. The molecule has 162 valence electrons. The molecule has 1 heterocycles. The maximum Gasteiger partial charge on any atom is 0.233 e. The molecule has 0 fully saturated rings. The molecule has 32 heavy (non-hydrogen) atoms. The standard InChI is InChI=1S/C25H24N4O2S/c1-18(24(30)26-17-19-9-5-3-6-10-19)32-25-28-27-23(20-11-7-4-8-12-20)29(25)21-13-15-22(31-2)16-14-21/h3-16,18H,17H2,1-2H3,(H,26,30). The van der Waals surface area contributed by atoms with Gasteiger partial charge in [-0.2, -0.15) is 0 Å². The predicted molar refractivity (Wildman–Crippen MR) is 127 cm³/mol. The van der Waals surface area contributed by atoms with Crippen molar-refractivity contribution in [2.75, 3.05) is 7.11 Å². The predicted octanol–water partition coefficient (Wildman–Crippen LogP) is 4.74. The van der Waals surface area contributed by atoms with Crippen LogP contribution in [-0.2, 0) is 11.3 Å². The molecule has 1 unspecified atom stereocenters. The normalized spacial score (nSPS) is 11.7. The molecule has 3 aromatic carbocycles. The van der Waals surface area contributed by atoms with Crippen LogP contribution in [0.5, 0.6) is 5.75 Å². The van der Waals surface area contributed by atoms with Crippen molar-refractivity contribution < 1.29 is 9.53 Å².